The van der Waals surface area contributed by atoms with Crippen molar-refractivity contribution in [3.63, 3.8) is 0 Å². The number of anilines is 1. The molecule has 2 aromatic carbocycles. The van der Waals surface area contributed by atoms with Gasteiger partial charge < -0.3 is 10.2 Å². The van der Waals surface area contributed by atoms with Crippen LogP contribution in [0.4, 0.5) is 14.5 Å². The van der Waals surface area contributed by atoms with Crippen molar-refractivity contribution >= 4 is 11.6 Å². The van der Waals surface area contributed by atoms with E-state index in [0.717, 1.165) is 0 Å². The zero-order valence-electron chi connectivity index (χ0n) is 13.9. The summed E-state index contributed by atoms with van der Waals surface area (Å²) >= 11 is 0. The molecule has 6 heteroatoms. The predicted molar refractivity (Wildman–Crippen MR) is 91.8 cm³/mol. The van der Waals surface area contributed by atoms with E-state index in [1.807, 2.05) is 6.07 Å². The van der Waals surface area contributed by atoms with Crippen molar-refractivity contribution in [2.45, 2.75) is 19.4 Å². The van der Waals surface area contributed by atoms with Crippen LogP contribution in [0.3, 0.4) is 0 Å². The molecule has 25 heavy (non-hydrogen) atoms. The van der Waals surface area contributed by atoms with Crippen LogP contribution < -0.4 is 10.2 Å². The molecule has 4 nitrogen and oxygen atoms in total. The Labute approximate surface area is 145 Å². The summed E-state index contributed by atoms with van der Waals surface area (Å²) in [7, 11) is 0. The standard InChI is InChI=1S/C19H19F2N3O/c1-14(17-5-2-3-6-18(17)21)23-13-19(25)24(12-4-11-22)16-9-7-15(20)8-10-16/h2-3,5-10,14,23H,4,12-13H2,1H3. The van der Waals surface area contributed by atoms with Gasteiger partial charge in [-0.3, -0.25) is 4.79 Å². The number of hydrogen-bond acceptors (Lipinski definition) is 3. The topological polar surface area (TPSA) is 56.1 Å². The molecule has 0 heterocycles. The summed E-state index contributed by atoms with van der Waals surface area (Å²) in [5.74, 6) is -1.01. The van der Waals surface area contributed by atoms with E-state index in [1.54, 1.807) is 25.1 Å². The largest absolute Gasteiger partial charge is 0.310 e. The van der Waals surface area contributed by atoms with Crippen molar-refractivity contribution < 1.29 is 13.6 Å². The summed E-state index contributed by atoms with van der Waals surface area (Å²) < 4.78 is 26.9. The van der Waals surface area contributed by atoms with E-state index in [1.165, 1.54) is 35.2 Å². The summed E-state index contributed by atoms with van der Waals surface area (Å²) in [6, 6.07) is 13.5. The first-order valence-electron chi connectivity index (χ1n) is 7.93. The first-order valence-corrected chi connectivity index (χ1v) is 7.93. The van der Waals surface area contributed by atoms with Gasteiger partial charge in [0.15, 0.2) is 0 Å². The minimum Gasteiger partial charge on any atom is -0.310 e. The highest BCUT2D eigenvalue weighted by Crippen LogP contribution is 2.18. The van der Waals surface area contributed by atoms with Crippen LogP contribution in [-0.2, 0) is 4.79 Å². The van der Waals surface area contributed by atoms with Gasteiger partial charge in [0.2, 0.25) is 5.91 Å². The second-order valence-electron chi connectivity index (χ2n) is 5.55. The molecule has 0 spiro atoms. The highest BCUT2D eigenvalue weighted by Gasteiger charge is 2.17. The number of rotatable bonds is 7. The molecule has 0 saturated carbocycles. The monoisotopic (exact) mass is 343 g/mol. The van der Waals surface area contributed by atoms with E-state index in [9.17, 15) is 13.6 Å². The fraction of sp³-hybridized carbons (Fsp3) is 0.263. The molecule has 0 aliphatic rings. The van der Waals surface area contributed by atoms with Gasteiger partial charge in [-0.1, -0.05) is 18.2 Å². The predicted octanol–water partition coefficient (Wildman–Crippen LogP) is 3.56. The molecular weight excluding hydrogens is 324 g/mol. The summed E-state index contributed by atoms with van der Waals surface area (Å²) in [4.78, 5) is 13.9. The Bertz CT molecular complexity index is 756. The lowest BCUT2D eigenvalue weighted by atomic mass is 10.1. The Hall–Kier alpha value is -2.78. The number of carbonyl (C=O) groups is 1. The lowest BCUT2D eigenvalue weighted by molar-refractivity contribution is -0.117. The number of hydrogen-bond donors (Lipinski definition) is 1. The number of nitriles is 1. The first kappa shape index (κ1) is 18.6. The van der Waals surface area contributed by atoms with Crippen molar-refractivity contribution in [1.82, 2.24) is 5.32 Å². The van der Waals surface area contributed by atoms with Crippen molar-refractivity contribution in [1.29, 1.82) is 5.26 Å². The van der Waals surface area contributed by atoms with E-state index in [4.69, 9.17) is 5.26 Å². The molecule has 0 aliphatic carbocycles. The Morgan fingerprint density at radius 1 is 1.20 bits per heavy atom. The summed E-state index contributed by atoms with van der Waals surface area (Å²) in [6.07, 6.45) is 0.159. The lowest BCUT2D eigenvalue weighted by Gasteiger charge is -2.23. The number of nitrogens with one attached hydrogen (secondary N) is 1. The van der Waals surface area contributed by atoms with Crippen LogP contribution in [0.2, 0.25) is 0 Å². The van der Waals surface area contributed by atoms with E-state index >= 15 is 0 Å². The van der Waals surface area contributed by atoms with Crippen LogP contribution in [0, 0.1) is 23.0 Å². The molecule has 0 aromatic heterocycles. The Kier molecular flexibility index (Phi) is 6.61. The van der Waals surface area contributed by atoms with E-state index in [2.05, 4.69) is 5.32 Å². The van der Waals surface area contributed by atoms with Gasteiger partial charge in [0.05, 0.1) is 19.0 Å². The molecule has 1 N–H and O–H groups in total. The number of halogens is 2. The van der Waals surface area contributed by atoms with Gasteiger partial charge in [-0.2, -0.15) is 5.26 Å². The molecule has 2 aromatic rings. The highest BCUT2D eigenvalue weighted by molar-refractivity contribution is 5.94. The summed E-state index contributed by atoms with van der Waals surface area (Å²) in [5, 5.41) is 11.8. The minimum absolute atomic E-state index is 0.0295. The molecule has 0 fully saturated rings. The minimum atomic E-state index is -0.400. The Morgan fingerprint density at radius 2 is 1.88 bits per heavy atom. The molecule has 2 rings (SSSR count). The Morgan fingerprint density at radius 3 is 2.52 bits per heavy atom. The van der Waals surface area contributed by atoms with Crippen molar-refractivity contribution in [2.75, 3.05) is 18.0 Å². The smallest absolute Gasteiger partial charge is 0.240 e. The van der Waals surface area contributed by atoms with Crippen LogP contribution >= 0.6 is 0 Å². The second kappa shape index (κ2) is 8.90. The molecule has 1 unspecified atom stereocenters. The first-order chi connectivity index (χ1) is 12.0. The van der Waals surface area contributed by atoms with Crippen molar-refractivity contribution in [3.8, 4) is 6.07 Å². The second-order valence-corrected chi connectivity index (χ2v) is 5.55. The van der Waals surface area contributed by atoms with Crippen LogP contribution in [-0.4, -0.2) is 19.0 Å². The highest BCUT2D eigenvalue weighted by atomic mass is 19.1. The number of amides is 1. The van der Waals surface area contributed by atoms with Crippen LogP contribution in [0.5, 0.6) is 0 Å². The summed E-state index contributed by atoms with van der Waals surface area (Å²) in [5.41, 5.74) is 0.989. The molecule has 1 atom stereocenters. The maximum absolute atomic E-state index is 13.8. The molecular formula is C19H19F2N3O. The van der Waals surface area contributed by atoms with Gasteiger partial charge in [0, 0.05) is 23.8 Å². The third kappa shape index (κ3) is 5.10. The zero-order valence-corrected chi connectivity index (χ0v) is 13.9. The fourth-order valence-electron chi connectivity index (χ4n) is 2.45. The molecule has 0 aliphatic heterocycles. The number of benzene rings is 2. The average Bonchev–Trinajstić information content (AvgIpc) is 2.61. The number of carbonyl (C=O) groups excluding carboxylic acids is 1. The van der Waals surface area contributed by atoms with Gasteiger partial charge in [0.1, 0.15) is 11.6 Å². The molecule has 1 amide bonds. The van der Waals surface area contributed by atoms with Gasteiger partial charge in [-0.25, -0.2) is 8.78 Å². The third-order valence-corrected chi connectivity index (χ3v) is 3.82. The van der Waals surface area contributed by atoms with Crippen LogP contribution in [0.15, 0.2) is 48.5 Å². The van der Waals surface area contributed by atoms with Gasteiger partial charge >= 0.3 is 0 Å². The SMILES string of the molecule is CC(NCC(=O)N(CCC#N)c1ccc(F)cc1)c1ccccc1F. The molecule has 130 valence electrons. The molecule has 0 saturated heterocycles. The van der Waals surface area contributed by atoms with Crippen LogP contribution in [0.25, 0.3) is 0 Å². The quantitative estimate of drug-likeness (QED) is 0.836. The zero-order chi connectivity index (χ0) is 18.2. The van der Waals surface area contributed by atoms with Gasteiger partial charge in [0.25, 0.3) is 0 Å². The van der Waals surface area contributed by atoms with Crippen molar-refractivity contribution in [3.05, 3.63) is 65.7 Å². The van der Waals surface area contributed by atoms with E-state index in [0.29, 0.717) is 11.3 Å². The number of nitrogens with zero attached hydrogens (tertiary/aromatic N) is 2. The Balaban J connectivity index is 2.05. The van der Waals surface area contributed by atoms with E-state index < -0.39 is 5.82 Å². The maximum atomic E-state index is 13.8. The van der Waals surface area contributed by atoms with E-state index in [-0.39, 0.29) is 37.3 Å². The average molecular weight is 343 g/mol. The summed E-state index contributed by atoms with van der Waals surface area (Å²) in [6.45, 7) is 1.94. The van der Waals surface area contributed by atoms with Crippen LogP contribution in [0.1, 0.15) is 24.9 Å². The van der Waals surface area contributed by atoms with Gasteiger partial charge in [-0.05, 0) is 37.3 Å². The fourth-order valence-corrected chi connectivity index (χ4v) is 2.45. The van der Waals surface area contributed by atoms with Crippen molar-refractivity contribution in [2.24, 2.45) is 0 Å². The van der Waals surface area contributed by atoms with Gasteiger partial charge in [-0.15, -0.1) is 0 Å². The normalized spacial score (nSPS) is 11.6. The third-order valence-electron chi connectivity index (χ3n) is 3.82. The molecule has 0 bridgehead atoms. The molecule has 0 radical (unpaired) electrons. The lowest BCUT2D eigenvalue weighted by Crippen LogP contribution is -2.39. The maximum Gasteiger partial charge on any atom is 0.240 e.